The molecule has 0 saturated heterocycles. The molecular formula is C24H23Cl2N3O3S. The molecule has 2 heterocycles. The van der Waals surface area contributed by atoms with Crippen LogP contribution in [-0.2, 0) is 0 Å². The largest absolute Gasteiger partial charge is 0.493 e. The summed E-state index contributed by atoms with van der Waals surface area (Å²) in [7, 11) is 1.61. The first-order chi connectivity index (χ1) is 16.0. The summed E-state index contributed by atoms with van der Waals surface area (Å²) in [6.07, 6.45) is 6.35. The number of aromatic nitrogens is 3. The van der Waals surface area contributed by atoms with E-state index >= 15 is 0 Å². The lowest BCUT2D eigenvalue weighted by molar-refractivity contribution is 0.285. The summed E-state index contributed by atoms with van der Waals surface area (Å²) in [5.74, 6) is 1.71. The second kappa shape index (κ2) is 10.5. The van der Waals surface area contributed by atoms with Crippen molar-refractivity contribution in [2.75, 3.05) is 13.7 Å². The normalized spacial score (nSPS) is 11.9. The van der Waals surface area contributed by atoms with Crippen LogP contribution in [0.15, 0.2) is 41.2 Å². The molecule has 6 nitrogen and oxygen atoms in total. The number of ether oxygens (including phenoxy) is 2. The Morgan fingerprint density at radius 2 is 1.94 bits per heavy atom. The van der Waals surface area contributed by atoms with Crippen LogP contribution in [0.1, 0.15) is 38.2 Å². The monoisotopic (exact) mass is 503 g/mol. The summed E-state index contributed by atoms with van der Waals surface area (Å²) in [5.41, 5.74) is 1.21. The lowest BCUT2D eigenvalue weighted by Gasteiger charge is -2.11. The summed E-state index contributed by atoms with van der Waals surface area (Å²) >= 11 is 13.5. The van der Waals surface area contributed by atoms with Crippen LogP contribution in [0.2, 0.25) is 10.0 Å². The van der Waals surface area contributed by atoms with E-state index in [1.165, 1.54) is 28.7 Å². The summed E-state index contributed by atoms with van der Waals surface area (Å²) < 4.78 is 13.2. The van der Waals surface area contributed by atoms with E-state index in [0.29, 0.717) is 49.0 Å². The van der Waals surface area contributed by atoms with Crippen LogP contribution in [0.25, 0.3) is 22.4 Å². The number of rotatable bonds is 9. The van der Waals surface area contributed by atoms with Crippen molar-refractivity contribution in [3.05, 3.63) is 66.9 Å². The van der Waals surface area contributed by atoms with Gasteiger partial charge in [-0.25, -0.2) is 0 Å². The minimum absolute atomic E-state index is 0.242. The van der Waals surface area contributed by atoms with Crippen molar-refractivity contribution >= 4 is 45.6 Å². The highest BCUT2D eigenvalue weighted by atomic mass is 35.5. The Morgan fingerprint density at radius 3 is 2.67 bits per heavy atom. The highest BCUT2D eigenvalue weighted by Crippen LogP contribution is 2.30. The van der Waals surface area contributed by atoms with E-state index in [9.17, 15) is 4.79 Å². The van der Waals surface area contributed by atoms with Crippen molar-refractivity contribution in [3.63, 3.8) is 0 Å². The first-order valence-corrected chi connectivity index (χ1v) is 12.2. The number of thiazole rings is 1. The molecular weight excluding hydrogens is 481 g/mol. The molecule has 0 aliphatic heterocycles. The third-order valence-electron chi connectivity index (χ3n) is 5.09. The number of halogens is 2. The van der Waals surface area contributed by atoms with Gasteiger partial charge in [-0.2, -0.15) is 9.50 Å². The summed E-state index contributed by atoms with van der Waals surface area (Å²) in [5, 5.41) is 5.30. The standard InChI is InChI=1S/C24H23Cl2N3O3S/c1-3-4-5-6-11-32-19-10-7-15(12-20(19)31-2)13-21-23(30)29-24(33-21)27-22(28-29)17-9-8-16(25)14-18(17)26/h7-10,12-14H,3-6,11H2,1-2H3/b21-13+. The molecule has 0 fully saturated rings. The molecule has 0 atom stereocenters. The number of hydrogen-bond donors (Lipinski definition) is 0. The summed E-state index contributed by atoms with van der Waals surface area (Å²) in [6, 6.07) is 10.7. The van der Waals surface area contributed by atoms with E-state index in [0.717, 1.165) is 18.4 Å². The van der Waals surface area contributed by atoms with Gasteiger partial charge < -0.3 is 9.47 Å². The van der Waals surface area contributed by atoms with Crippen molar-refractivity contribution in [1.29, 1.82) is 0 Å². The highest BCUT2D eigenvalue weighted by molar-refractivity contribution is 7.15. The predicted octanol–water partition coefficient (Wildman–Crippen LogP) is 5.64. The maximum Gasteiger partial charge on any atom is 0.291 e. The number of benzene rings is 2. The maximum absolute atomic E-state index is 12.9. The lowest BCUT2D eigenvalue weighted by atomic mass is 10.2. The van der Waals surface area contributed by atoms with Crippen LogP contribution in [0.4, 0.5) is 0 Å². The van der Waals surface area contributed by atoms with Crippen molar-refractivity contribution in [2.24, 2.45) is 0 Å². The van der Waals surface area contributed by atoms with Crippen molar-refractivity contribution in [2.45, 2.75) is 32.6 Å². The molecule has 33 heavy (non-hydrogen) atoms. The molecule has 4 aromatic rings. The van der Waals surface area contributed by atoms with E-state index in [2.05, 4.69) is 17.0 Å². The zero-order chi connectivity index (χ0) is 23.4. The van der Waals surface area contributed by atoms with Crippen molar-refractivity contribution in [3.8, 4) is 22.9 Å². The minimum atomic E-state index is -0.242. The maximum atomic E-state index is 12.9. The van der Waals surface area contributed by atoms with Crippen LogP contribution in [0.3, 0.4) is 0 Å². The molecule has 0 N–H and O–H groups in total. The van der Waals surface area contributed by atoms with E-state index < -0.39 is 0 Å². The third-order valence-corrected chi connectivity index (χ3v) is 6.60. The third kappa shape index (κ3) is 5.32. The molecule has 0 aliphatic rings. The molecule has 0 aliphatic carbocycles. The van der Waals surface area contributed by atoms with Gasteiger partial charge >= 0.3 is 0 Å². The molecule has 0 bridgehead atoms. The molecule has 0 saturated carbocycles. The Labute approximate surface area is 205 Å². The summed E-state index contributed by atoms with van der Waals surface area (Å²) in [6.45, 7) is 2.83. The van der Waals surface area contributed by atoms with Gasteiger partial charge in [0.2, 0.25) is 4.96 Å². The zero-order valence-corrected chi connectivity index (χ0v) is 20.6. The molecule has 172 valence electrons. The van der Waals surface area contributed by atoms with Gasteiger partial charge in [-0.1, -0.05) is 66.8 Å². The van der Waals surface area contributed by atoms with E-state index in [1.807, 2.05) is 18.2 Å². The smallest absolute Gasteiger partial charge is 0.291 e. The number of unbranched alkanes of at least 4 members (excludes halogenated alkanes) is 3. The quantitative estimate of drug-likeness (QED) is 0.276. The molecule has 0 spiro atoms. The first kappa shape index (κ1) is 23.5. The zero-order valence-electron chi connectivity index (χ0n) is 18.3. The first-order valence-electron chi connectivity index (χ1n) is 10.7. The van der Waals surface area contributed by atoms with E-state index in [1.54, 1.807) is 31.4 Å². The number of hydrogen-bond acceptors (Lipinski definition) is 6. The molecule has 2 aromatic carbocycles. The van der Waals surface area contributed by atoms with Crippen LogP contribution >= 0.6 is 34.5 Å². The molecule has 4 rings (SSSR count). The van der Waals surface area contributed by atoms with E-state index in [4.69, 9.17) is 32.7 Å². The second-order valence-electron chi connectivity index (χ2n) is 7.49. The van der Waals surface area contributed by atoms with Gasteiger partial charge in [0, 0.05) is 10.6 Å². The topological polar surface area (TPSA) is 65.7 Å². The Bertz CT molecular complexity index is 1380. The lowest BCUT2D eigenvalue weighted by Crippen LogP contribution is -2.23. The highest BCUT2D eigenvalue weighted by Gasteiger charge is 2.15. The minimum Gasteiger partial charge on any atom is -0.493 e. The van der Waals surface area contributed by atoms with Gasteiger partial charge in [0.1, 0.15) is 0 Å². The number of nitrogens with zero attached hydrogens (tertiary/aromatic N) is 3. The van der Waals surface area contributed by atoms with Crippen LogP contribution in [0, 0.1) is 0 Å². The average Bonchev–Trinajstić information content (AvgIpc) is 3.33. The Kier molecular flexibility index (Phi) is 7.53. The van der Waals surface area contributed by atoms with Gasteiger partial charge in [-0.15, -0.1) is 5.10 Å². The summed E-state index contributed by atoms with van der Waals surface area (Å²) in [4.78, 5) is 17.9. The van der Waals surface area contributed by atoms with Crippen LogP contribution in [-0.4, -0.2) is 28.3 Å². The van der Waals surface area contributed by atoms with Gasteiger partial charge in [0.05, 0.1) is 23.3 Å². The fraction of sp³-hybridized carbons (Fsp3) is 0.292. The van der Waals surface area contributed by atoms with Crippen LogP contribution < -0.4 is 19.6 Å². The SMILES string of the molecule is CCCCCCOc1ccc(/C=c2/sc3nc(-c4ccc(Cl)cc4Cl)nn3c2=O)cc1OC. The average molecular weight is 504 g/mol. The fourth-order valence-corrected chi connectivity index (χ4v) is 4.77. The van der Waals surface area contributed by atoms with Crippen molar-refractivity contribution < 1.29 is 9.47 Å². The predicted molar refractivity (Wildman–Crippen MR) is 134 cm³/mol. The van der Waals surface area contributed by atoms with Gasteiger partial charge in [0.15, 0.2) is 17.3 Å². The fourth-order valence-electron chi connectivity index (χ4n) is 3.37. The number of fused-ring (bicyclic) bond motifs is 1. The van der Waals surface area contributed by atoms with E-state index in [-0.39, 0.29) is 5.56 Å². The Hall–Kier alpha value is -2.61. The molecule has 0 unspecified atom stereocenters. The molecule has 2 aromatic heterocycles. The molecule has 9 heteroatoms. The van der Waals surface area contributed by atoms with Gasteiger partial charge in [0.25, 0.3) is 5.56 Å². The van der Waals surface area contributed by atoms with Gasteiger partial charge in [-0.3, -0.25) is 4.79 Å². The second-order valence-corrected chi connectivity index (χ2v) is 9.34. The van der Waals surface area contributed by atoms with Crippen LogP contribution in [0.5, 0.6) is 11.5 Å². The number of methoxy groups -OCH3 is 1. The Balaban J connectivity index is 1.59. The van der Waals surface area contributed by atoms with Crippen molar-refractivity contribution in [1.82, 2.24) is 14.6 Å². The Morgan fingerprint density at radius 1 is 1.09 bits per heavy atom. The van der Waals surface area contributed by atoms with Gasteiger partial charge in [-0.05, 0) is 48.4 Å². The molecule has 0 radical (unpaired) electrons. The molecule has 0 amide bonds.